The molecule has 39 heavy (non-hydrogen) atoms. The predicted molar refractivity (Wildman–Crippen MR) is 144 cm³/mol. The van der Waals surface area contributed by atoms with Crippen LogP contribution in [0, 0.1) is 0 Å². The molecule has 0 radical (unpaired) electrons. The third kappa shape index (κ3) is 6.55. The number of carbonyl (C=O) groups is 4. The maximum Gasteiger partial charge on any atom is 0.325 e. The lowest BCUT2D eigenvalue weighted by atomic mass is 10.0. The number of aromatic hydroxyl groups is 1. The number of amides is 3. The Morgan fingerprint density at radius 3 is 2.51 bits per heavy atom. The summed E-state index contributed by atoms with van der Waals surface area (Å²) in [5.41, 5.74) is 8.64. The highest BCUT2D eigenvalue weighted by molar-refractivity contribution is 5.95. The van der Waals surface area contributed by atoms with E-state index < -0.39 is 47.9 Å². The molecule has 4 rings (SSSR count). The second-order valence-corrected chi connectivity index (χ2v) is 9.86. The van der Waals surface area contributed by atoms with Crippen LogP contribution >= 0.6 is 0 Å². The number of phenolic OH excluding ortho intramolecular Hbond substituents is 1. The molecule has 0 bridgehead atoms. The summed E-state index contributed by atoms with van der Waals surface area (Å²) in [6.45, 7) is 1.66. The molecule has 11 nitrogen and oxygen atoms in total. The monoisotopic (exact) mass is 535 g/mol. The molecule has 0 spiro atoms. The van der Waals surface area contributed by atoms with Crippen LogP contribution in [0.3, 0.4) is 0 Å². The van der Waals surface area contributed by atoms with Crippen molar-refractivity contribution >= 4 is 34.6 Å². The number of hydrogen-bond acceptors (Lipinski definition) is 6. The highest BCUT2D eigenvalue weighted by Crippen LogP contribution is 2.23. The van der Waals surface area contributed by atoms with E-state index >= 15 is 0 Å². The smallest absolute Gasteiger partial charge is 0.325 e. The normalized spacial score (nSPS) is 17.4. The number of aromatic nitrogens is 1. The van der Waals surface area contributed by atoms with Gasteiger partial charge in [-0.2, -0.15) is 0 Å². The van der Waals surface area contributed by atoms with Crippen LogP contribution < -0.4 is 16.4 Å². The van der Waals surface area contributed by atoms with Crippen molar-refractivity contribution in [2.75, 3.05) is 6.54 Å². The van der Waals surface area contributed by atoms with E-state index in [0.717, 1.165) is 22.0 Å². The van der Waals surface area contributed by atoms with Crippen molar-refractivity contribution in [3.8, 4) is 5.75 Å². The Labute approximate surface area is 225 Å². The summed E-state index contributed by atoms with van der Waals surface area (Å²) >= 11 is 0. The molecule has 11 heteroatoms. The molecule has 1 fully saturated rings. The number of aromatic amines is 1. The number of nitrogens with two attached hydrogens (primary N) is 1. The van der Waals surface area contributed by atoms with Crippen LogP contribution in [0.15, 0.2) is 54.7 Å². The van der Waals surface area contributed by atoms with Gasteiger partial charge in [0, 0.05) is 30.1 Å². The number of aliphatic carboxylic acids is 1. The maximum atomic E-state index is 13.8. The van der Waals surface area contributed by atoms with Gasteiger partial charge >= 0.3 is 5.97 Å². The third-order valence-electron chi connectivity index (χ3n) is 7.01. The fourth-order valence-electron chi connectivity index (χ4n) is 4.85. The molecule has 2 heterocycles. The van der Waals surface area contributed by atoms with Crippen LogP contribution in [-0.2, 0) is 32.0 Å². The van der Waals surface area contributed by atoms with Crippen LogP contribution in [0.25, 0.3) is 10.9 Å². The lowest BCUT2D eigenvalue weighted by Crippen LogP contribution is -2.57. The van der Waals surface area contributed by atoms with E-state index in [1.807, 2.05) is 24.3 Å². The Balaban J connectivity index is 1.55. The molecular weight excluding hydrogens is 502 g/mol. The van der Waals surface area contributed by atoms with Crippen LogP contribution in [0.2, 0.25) is 0 Å². The van der Waals surface area contributed by atoms with Crippen molar-refractivity contribution < 1.29 is 29.4 Å². The Morgan fingerprint density at radius 2 is 1.79 bits per heavy atom. The number of para-hydroxylation sites is 1. The van der Waals surface area contributed by atoms with Gasteiger partial charge in [0.05, 0.1) is 6.04 Å². The maximum absolute atomic E-state index is 13.8. The van der Waals surface area contributed by atoms with Gasteiger partial charge in [0.2, 0.25) is 17.7 Å². The molecule has 4 unspecified atom stereocenters. The van der Waals surface area contributed by atoms with Crippen molar-refractivity contribution in [1.82, 2.24) is 20.5 Å². The number of nitrogens with zero attached hydrogens (tertiary/aromatic N) is 1. The molecule has 0 saturated carbocycles. The minimum atomic E-state index is -1.17. The molecule has 4 atom stereocenters. The number of nitrogens with one attached hydrogen (secondary N) is 3. The number of carbonyl (C=O) groups excluding carboxylic acids is 3. The average molecular weight is 536 g/mol. The SMILES string of the molecule is CC(NC(=O)C1CCCN1C(=O)C(Cc1c[nH]c2ccccc12)NC(=O)C(N)Cc1ccc(O)cc1)C(=O)O. The second kappa shape index (κ2) is 12.0. The van der Waals surface area contributed by atoms with Gasteiger partial charge < -0.3 is 36.5 Å². The Bertz CT molecular complexity index is 1350. The van der Waals surface area contributed by atoms with E-state index in [4.69, 9.17) is 10.8 Å². The summed E-state index contributed by atoms with van der Waals surface area (Å²) in [5.74, 6) is -2.58. The summed E-state index contributed by atoms with van der Waals surface area (Å²) in [6, 6.07) is 10.0. The topological polar surface area (TPSA) is 178 Å². The minimum Gasteiger partial charge on any atom is -0.508 e. The van der Waals surface area contributed by atoms with E-state index in [1.54, 1.807) is 18.3 Å². The largest absolute Gasteiger partial charge is 0.508 e. The van der Waals surface area contributed by atoms with Gasteiger partial charge in [-0.3, -0.25) is 19.2 Å². The van der Waals surface area contributed by atoms with Crippen LogP contribution in [0.4, 0.5) is 0 Å². The number of benzene rings is 2. The molecule has 3 amide bonds. The van der Waals surface area contributed by atoms with Crippen molar-refractivity contribution in [1.29, 1.82) is 0 Å². The number of fused-ring (bicyclic) bond motifs is 1. The summed E-state index contributed by atoms with van der Waals surface area (Å²) < 4.78 is 0. The molecule has 0 aliphatic carbocycles. The van der Waals surface area contributed by atoms with E-state index in [0.29, 0.717) is 19.4 Å². The van der Waals surface area contributed by atoms with Gasteiger partial charge in [0.25, 0.3) is 0 Å². The zero-order valence-corrected chi connectivity index (χ0v) is 21.6. The van der Waals surface area contributed by atoms with Crippen molar-refractivity contribution in [3.05, 3.63) is 65.9 Å². The number of likely N-dealkylation sites (tertiary alicyclic amines) is 1. The molecular formula is C28H33N5O6. The van der Waals surface area contributed by atoms with E-state index in [-0.39, 0.29) is 18.6 Å². The lowest BCUT2D eigenvalue weighted by molar-refractivity contribution is -0.144. The number of carboxylic acid groups (broad SMARTS) is 1. The van der Waals surface area contributed by atoms with Crippen molar-refractivity contribution in [2.24, 2.45) is 5.73 Å². The van der Waals surface area contributed by atoms with Gasteiger partial charge in [-0.1, -0.05) is 30.3 Å². The standard InChI is InChI=1S/C28H33N5O6/c1-16(28(38)39)31-26(36)24-7-4-12-33(24)27(37)23(14-18-15-30-22-6-3-2-5-20(18)22)32-25(35)21(29)13-17-8-10-19(34)11-9-17/h2-3,5-6,8-11,15-16,21,23-24,30,34H,4,7,12-14,29H2,1H3,(H,31,36)(H,32,35)(H,38,39). The van der Waals surface area contributed by atoms with Gasteiger partial charge in [0.1, 0.15) is 23.9 Å². The molecule has 1 aliphatic heterocycles. The molecule has 7 N–H and O–H groups in total. The average Bonchev–Trinajstić information content (AvgIpc) is 3.57. The molecule has 1 aliphatic rings. The summed E-state index contributed by atoms with van der Waals surface area (Å²) in [7, 11) is 0. The highest BCUT2D eigenvalue weighted by atomic mass is 16.4. The van der Waals surface area contributed by atoms with Crippen molar-refractivity contribution in [3.63, 3.8) is 0 Å². The molecule has 2 aromatic carbocycles. The van der Waals surface area contributed by atoms with Crippen LogP contribution in [-0.4, -0.2) is 74.5 Å². The lowest BCUT2D eigenvalue weighted by Gasteiger charge is -2.29. The zero-order valence-electron chi connectivity index (χ0n) is 21.6. The number of H-pyrrole nitrogens is 1. The van der Waals surface area contributed by atoms with Gasteiger partial charge in [-0.25, -0.2) is 0 Å². The number of phenols is 1. The quantitative estimate of drug-likeness (QED) is 0.225. The molecule has 1 aromatic heterocycles. The molecule has 3 aromatic rings. The number of rotatable bonds is 10. The zero-order chi connectivity index (χ0) is 28.1. The van der Waals surface area contributed by atoms with Gasteiger partial charge in [-0.05, 0) is 55.5 Å². The highest BCUT2D eigenvalue weighted by Gasteiger charge is 2.39. The van der Waals surface area contributed by atoms with E-state index in [1.165, 1.54) is 24.0 Å². The summed E-state index contributed by atoms with van der Waals surface area (Å²) in [4.78, 5) is 55.6. The Kier molecular flexibility index (Phi) is 8.50. The second-order valence-electron chi connectivity index (χ2n) is 9.86. The first kappa shape index (κ1) is 27.6. The predicted octanol–water partition coefficient (Wildman–Crippen LogP) is 1.05. The fraction of sp³-hybridized carbons (Fsp3) is 0.357. The van der Waals surface area contributed by atoms with E-state index in [2.05, 4.69) is 15.6 Å². The van der Waals surface area contributed by atoms with Crippen LogP contribution in [0.1, 0.15) is 30.9 Å². The van der Waals surface area contributed by atoms with Crippen LogP contribution in [0.5, 0.6) is 5.75 Å². The van der Waals surface area contributed by atoms with E-state index in [9.17, 15) is 24.3 Å². The van der Waals surface area contributed by atoms with Gasteiger partial charge in [-0.15, -0.1) is 0 Å². The Morgan fingerprint density at radius 1 is 1.08 bits per heavy atom. The Hall–Kier alpha value is -4.38. The summed E-state index contributed by atoms with van der Waals surface area (Å²) in [5, 5.41) is 24.8. The first-order chi connectivity index (χ1) is 18.6. The molecule has 1 saturated heterocycles. The first-order valence-electron chi connectivity index (χ1n) is 12.9. The fourth-order valence-corrected chi connectivity index (χ4v) is 4.85. The van der Waals surface area contributed by atoms with Gasteiger partial charge in [0.15, 0.2) is 0 Å². The minimum absolute atomic E-state index is 0.100. The first-order valence-corrected chi connectivity index (χ1v) is 12.9. The number of hydrogen-bond donors (Lipinski definition) is 6. The van der Waals surface area contributed by atoms with Crippen molar-refractivity contribution in [2.45, 2.75) is 56.8 Å². The third-order valence-corrected chi connectivity index (χ3v) is 7.01. The molecule has 206 valence electrons. The summed E-state index contributed by atoms with van der Waals surface area (Å²) in [6.07, 6.45) is 3.10. The number of carboxylic acids is 1.